The Labute approximate surface area is 97.3 Å². The molecule has 2 fully saturated rings. The van der Waals surface area contributed by atoms with Crippen molar-refractivity contribution in [2.45, 2.75) is 26.2 Å². The van der Waals surface area contributed by atoms with E-state index in [1.165, 1.54) is 19.3 Å². The number of nitrogens with zero attached hydrogens (tertiary/aromatic N) is 1. The SMILES string of the molecule is CCOCC(=O)N1CCC2(CCNCC2)C1. The first-order valence-corrected chi connectivity index (χ1v) is 6.32. The molecule has 92 valence electrons. The molecule has 1 spiro atoms. The Kier molecular flexibility index (Phi) is 3.82. The van der Waals surface area contributed by atoms with Crippen molar-refractivity contribution in [3.05, 3.63) is 0 Å². The van der Waals surface area contributed by atoms with E-state index in [2.05, 4.69) is 5.32 Å². The summed E-state index contributed by atoms with van der Waals surface area (Å²) in [7, 11) is 0. The molecule has 2 saturated heterocycles. The Morgan fingerprint density at radius 1 is 1.38 bits per heavy atom. The number of rotatable bonds is 3. The molecule has 0 bridgehead atoms. The van der Waals surface area contributed by atoms with Gasteiger partial charge in [-0.25, -0.2) is 0 Å². The van der Waals surface area contributed by atoms with Crippen LogP contribution in [0, 0.1) is 5.41 Å². The van der Waals surface area contributed by atoms with Crippen molar-refractivity contribution < 1.29 is 9.53 Å². The van der Waals surface area contributed by atoms with Crippen molar-refractivity contribution in [2.75, 3.05) is 39.4 Å². The van der Waals surface area contributed by atoms with Gasteiger partial charge in [0.1, 0.15) is 6.61 Å². The number of amides is 1. The first kappa shape index (κ1) is 11.9. The molecule has 4 nitrogen and oxygen atoms in total. The molecule has 16 heavy (non-hydrogen) atoms. The molecule has 0 aliphatic carbocycles. The third kappa shape index (κ3) is 2.55. The summed E-state index contributed by atoms with van der Waals surface area (Å²) in [5, 5.41) is 3.39. The fraction of sp³-hybridized carbons (Fsp3) is 0.917. The average molecular weight is 226 g/mol. The Hall–Kier alpha value is -0.610. The highest BCUT2D eigenvalue weighted by atomic mass is 16.5. The average Bonchev–Trinajstić information content (AvgIpc) is 2.71. The zero-order valence-electron chi connectivity index (χ0n) is 10.1. The summed E-state index contributed by atoms with van der Waals surface area (Å²) < 4.78 is 5.18. The molecule has 0 radical (unpaired) electrons. The van der Waals surface area contributed by atoms with Gasteiger partial charge in [-0.05, 0) is 44.7 Å². The highest BCUT2D eigenvalue weighted by Crippen LogP contribution is 2.38. The molecule has 1 N–H and O–H groups in total. The molecule has 1 amide bonds. The van der Waals surface area contributed by atoms with Gasteiger partial charge in [-0.1, -0.05) is 0 Å². The summed E-state index contributed by atoms with van der Waals surface area (Å²) in [5.74, 6) is 0.164. The summed E-state index contributed by atoms with van der Waals surface area (Å²) in [5.41, 5.74) is 0.410. The number of carbonyl (C=O) groups excluding carboxylic acids is 1. The van der Waals surface area contributed by atoms with Gasteiger partial charge in [0.15, 0.2) is 0 Å². The van der Waals surface area contributed by atoms with E-state index >= 15 is 0 Å². The van der Waals surface area contributed by atoms with Crippen LogP contribution in [0.25, 0.3) is 0 Å². The molecule has 0 aromatic rings. The lowest BCUT2D eigenvalue weighted by Crippen LogP contribution is -2.40. The van der Waals surface area contributed by atoms with Gasteiger partial charge in [0, 0.05) is 19.7 Å². The quantitative estimate of drug-likeness (QED) is 0.767. The number of likely N-dealkylation sites (tertiary alicyclic amines) is 1. The van der Waals surface area contributed by atoms with E-state index in [0.717, 1.165) is 26.2 Å². The third-order valence-corrected chi connectivity index (χ3v) is 3.88. The molecular weight excluding hydrogens is 204 g/mol. The van der Waals surface area contributed by atoms with Crippen LogP contribution in [0.1, 0.15) is 26.2 Å². The maximum absolute atomic E-state index is 11.8. The fourth-order valence-corrected chi connectivity index (χ4v) is 2.79. The van der Waals surface area contributed by atoms with Gasteiger partial charge in [0.25, 0.3) is 0 Å². The van der Waals surface area contributed by atoms with E-state index in [9.17, 15) is 4.79 Å². The summed E-state index contributed by atoms with van der Waals surface area (Å²) in [6, 6.07) is 0. The molecule has 2 rings (SSSR count). The number of hydrogen-bond donors (Lipinski definition) is 1. The van der Waals surface area contributed by atoms with Gasteiger partial charge in [0.2, 0.25) is 5.91 Å². The van der Waals surface area contributed by atoms with Crippen molar-refractivity contribution >= 4 is 5.91 Å². The van der Waals surface area contributed by atoms with E-state index in [4.69, 9.17) is 4.74 Å². The Bertz CT molecular complexity index is 249. The minimum absolute atomic E-state index is 0.164. The topological polar surface area (TPSA) is 41.6 Å². The van der Waals surface area contributed by atoms with Gasteiger partial charge in [-0.2, -0.15) is 0 Å². The maximum Gasteiger partial charge on any atom is 0.248 e. The van der Waals surface area contributed by atoms with Crippen molar-refractivity contribution in [3.63, 3.8) is 0 Å². The summed E-state index contributed by atoms with van der Waals surface area (Å²) in [4.78, 5) is 13.8. The normalized spacial score (nSPS) is 23.9. The van der Waals surface area contributed by atoms with Crippen LogP contribution in [0.2, 0.25) is 0 Å². The predicted molar refractivity (Wildman–Crippen MR) is 62.2 cm³/mol. The fourth-order valence-electron chi connectivity index (χ4n) is 2.79. The summed E-state index contributed by atoms with van der Waals surface area (Å²) in [6.07, 6.45) is 3.60. The second-order valence-corrected chi connectivity index (χ2v) is 4.95. The van der Waals surface area contributed by atoms with Crippen LogP contribution in [0.4, 0.5) is 0 Å². The Balaban J connectivity index is 1.84. The molecule has 2 aliphatic rings. The summed E-state index contributed by atoms with van der Waals surface area (Å²) in [6.45, 7) is 6.87. The zero-order chi connectivity index (χ0) is 11.4. The van der Waals surface area contributed by atoms with Crippen LogP contribution in [0.5, 0.6) is 0 Å². The molecule has 4 heteroatoms. The van der Waals surface area contributed by atoms with Crippen molar-refractivity contribution in [2.24, 2.45) is 5.41 Å². The summed E-state index contributed by atoms with van der Waals surface area (Å²) >= 11 is 0. The smallest absolute Gasteiger partial charge is 0.248 e. The molecule has 0 aromatic heterocycles. The van der Waals surface area contributed by atoms with Crippen molar-refractivity contribution in [3.8, 4) is 0 Å². The number of carbonyl (C=O) groups is 1. The highest BCUT2D eigenvalue weighted by molar-refractivity contribution is 5.77. The van der Waals surface area contributed by atoms with Crippen LogP contribution in [0.3, 0.4) is 0 Å². The molecule has 2 heterocycles. The molecular formula is C12H22N2O2. The standard InChI is InChI=1S/C12H22N2O2/c1-2-16-9-11(15)14-8-5-12(10-14)3-6-13-7-4-12/h13H,2-10H2,1H3. The van der Waals surface area contributed by atoms with Crippen LogP contribution >= 0.6 is 0 Å². The Morgan fingerprint density at radius 2 is 2.12 bits per heavy atom. The molecule has 0 unspecified atom stereocenters. The largest absolute Gasteiger partial charge is 0.372 e. The minimum atomic E-state index is 0.164. The first-order valence-electron chi connectivity index (χ1n) is 6.32. The lowest BCUT2D eigenvalue weighted by Gasteiger charge is -2.33. The van der Waals surface area contributed by atoms with Gasteiger partial charge >= 0.3 is 0 Å². The van der Waals surface area contributed by atoms with Crippen LogP contribution in [-0.4, -0.2) is 50.2 Å². The molecule has 0 saturated carbocycles. The number of nitrogens with one attached hydrogen (secondary N) is 1. The minimum Gasteiger partial charge on any atom is -0.372 e. The molecule has 0 aromatic carbocycles. The zero-order valence-corrected chi connectivity index (χ0v) is 10.1. The number of ether oxygens (including phenoxy) is 1. The predicted octanol–water partition coefficient (Wildman–Crippen LogP) is 0.625. The second kappa shape index (κ2) is 5.15. The van der Waals surface area contributed by atoms with E-state index in [0.29, 0.717) is 12.0 Å². The third-order valence-electron chi connectivity index (χ3n) is 3.88. The molecule has 2 aliphatic heterocycles. The number of piperidine rings is 1. The van der Waals surface area contributed by atoms with E-state index in [1.54, 1.807) is 0 Å². The van der Waals surface area contributed by atoms with Gasteiger partial charge in [-0.15, -0.1) is 0 Å². The monoisotopic (exact) mass is 226 g/mol. The van der Waals surface area contributed by atoms with Crippen LogP contribution in [-0.2, 0) is 9.53 Å². The maximum atomic E-state index is 11.8. The second-order valence-electron chi connectivity index (χ2n) is 4.95. The highest BCUT2D eigenvalue weighted by Gasteiger charge is 2.40. The number of hydrogen-bond acceptors (Lipinski definition) is 3. The molecule has 0 atom stereocenters. The van der Waals surface area contributed by atoms with Crippen molar-refractivity contribution in [1.29, 1.82) is 0 Å². The van der Waals surface area contributed by atoms with Gasteiger partial charge in [-0.3, -0.25) is 4.79 Å². The van der Waals surface area contributed by atoms with Crippen molar-refractivity contribution in [1.82, 2.24) is 10.2 Å². The van der Waals surface area contributed by atoms with Crippen LogP contribution < -0.4 is 5.32 Å². The van der Waals surface area contributed by atoms with Crippen LogP contribution in [0.15, 0.2) is 0 Å². The van der Waals surface area contributed by atoms with E-state index in [-0.39, 0.29) is 12.5 Å². The lowest BCUT2D eigenvalue weighted by atomic mass is 9.78. The van der Waals surface area contributed by atoms with Gasteiger partial charge in [0.05, 0.1) is 0 Å². The Morgan fingerprint density at radius 3 is 2.81 bits per heavy atom. The van der Waals surface area contributed by atoms with E-state index in [1.807, 2.05) is 11.8 Å². The van der Waals surface area contributed by atoms with E-state index < -0.39 is 0 Å². The lowest BCUT2D eigenvalue weighted by molar-refractivity contribution is -0.135. The first-order chi connectivity index (χ1) is 7.76. The van der Waals surface area contributed by atoms with Gasteiger partial charge < -0.3 is 15.0 Å².